The van der Waals surface area contributed by atoms with E-state index < -0.39 is 18.2 Å². The van der Waals surface area contributed by atoms with Crippen LogP contribution in [-0.4, -0.2) is 16.9 Å². The van der Waals surface area contributed by atoms with Crippen LogP contribution >= 0.6 is 0 Å². The Hall–Kier alpha value is -0.250. The molecule has 0 fully saturated rings. The first-order chi connectivity index (χ1) is 6.27. The van der Waals surface area contributed by atoms with Crippen LogP contribution in [0.4, 0.5) is 13.2 Å². The Kier molecular flexibility index (Phi) is 5.49. The largest absolute Gasteiger partial charge is 0.391 e. The van der Waals surface area contributed by atoms with Crippen LogP contribution in [0, 0.1) is 0 Å². The fourth-order valence-electron chi connectivity index (χ4n) is 1.45. The van der Waals surface area contributed by atoms with Crippen LogP contribution < -0.4 is 0 Å². The third-order valence-corrected chi connectivity index (χ3v) is 2.15. The topological polar surface area (TPSA) is 20.2 Å². The lowest BCUT2D eigenvalue weighted by Gasteiger charge is -2.24. The van der Waals surface area contributed by atoms with Gasteiger partial charge in [-0.15, -0.1) is 0 Å². The van der Waals surface area contributed by atoms with E-state index in [-0.39, 0.29) is 6.42 Å². The summed E-state index contributed by atoms with van der Waals surface area (Å²) < 4.78 is 35.9. The molecule has 0 aromatic heterocycles. The Bertz CT molecular complexity index is 152. The second-order valence-electron chi connectivity index (χ2n) is 4.10. The van der Waals surface area contributed by atoms with Gasteiger partial charge in [-0.05, 0) is 13.3 Å². The molecule has 4 heteroatoms. The Labute approximate surface area is 83.3 Å². The molecular formula is C10H19F3O. The molecule has 0 aliphatic rings. The molecule has 0 spiro atoms. The highest BCUT2D eigenvalue weighted by Gasteiger charge is 2.37. The summed E-state index contributed by atoms with van der Waals surface area (Å²) >= 11 is 0. The van der Waals surface area contributed by atoms with Gasteiger partial charge in [0.2, 0.25) is 0 Å². The molecule has 0 saturated carbocycles. The minimum Gasteiger partial charge on any atom is -0.390 e. The minimum absolute atomic E-state index is 0.229. The molecule has 0 aliphatic heterocycles. The fraction of sp³-hybridized carbons (Fsp3) is 1.00. The average molecular weight is 212 g/mol. The van der Waals surface area contributed by atoms with Crippen molar-refractivity contribution in [1.29, 1.82) is 0 Å². The van der Waals surface area contributed by atoms with Crippen molar-refractivity contribution < 1.29 is 18.3 Å². The molecule has 1 nitrogen and oxygen atoms in total. The van der Waals surface area contributed by atoms with Gasteiger partial charge >= 0.3 is 6.18 Å². The van der Waals surface area contributed by atoms with Gasteiger partial charge in [-0.2, -0.15) is 13.2 Å². The molecule has 0 saturated heterocycles. The molecule has 14 heavy (non-hydrogen) atoms. The molecule has 1 unspecified atom stereocenters. The van der Waals surface area contributed by atoms with E-state index in [1.807, 2.05) is 6.92 Å². The van der Waals surface area contributed by atoms with Gasteiger partial charge in [0, 0.05) is 0 Å². The summed E-state index contributed by atoms with van der Waals surface area (Å²) in [6.07, 6.45) is -1.53. The molecule has 0 bridgehead atoms. The number of hydrogen-bond acceptors (Lipinski definition) is 1. The molecule has 1 N–H and O–H groups in total. The summed E-state index contributed by atoms with van der Waals surface area (Å²) in [6.45, 7) is 3.29. The van der Waals surface area contributed by atoms with Crippen molar-refractivity contribution in [2.75, 3.05) is 0 Å². The zero-order valence-corrected chi connectivity index (χ0v) is 8.82. The smallest absolute Gasteiger partial charge is 0.390 e. The maximum atomic E-state index is 12.0. The van der Waals surface area contributed by atoms with Crippen molar-refractivity contribution >= 4 is 0 Å². The number of hydrogen-bond donors (Lipinski definition) is 1. The van der Waals surface area contributed by atoms with Crippen LogP contribution in [0.25, 0.3) is 0 Å². The number of alkyl halides is 3. The summed E-state index contributed by atoms with van der Waals surface area (Å²) in [5.41, 5.74) is -1.59. The fourth-order valence-corrected chi connectivity index (χ4v) is 1.45. The van der Waals surface area contributed by atoms with Gasteiger partial charge in [-0.1, -0.05) is 32.6 Å². The zero-order valence-electron chi connectivity index (χ0n) is 8.82. The Balaban J connectivity index is 3.72. The van der Waals surface area contributed by atoms with Gasteiger partial charge in [-0.3, -0.25) is 0 Å². The van der Waals surface area contributed by atoms with Gasteiger partial charge in [0.15, 0.2) is 0 Å². The lowest BCUT2D eigenvalue weighted by molar-refractivity contribution is -0.173. The van der Waals surface area contributed by atoms with E-state index in [2.05, 4.69) is 0 Å². The van der Waals surface area contributed by atoms with Crippen LogP contribution in [0.3, 0.4) is 0 Å². The van der Waals surface area contributed by atoms with E-state index in [4.69, 9.17) is 0 Å². The van der Waals surface area contributed by atoms with Crippen LogP contribution in [0.15, 0.2) is 0 Å². The first-order valence-electron chi connectivity index (χ1n) is 5.06. The van der Waals surface area contributed by atoms with Crippen molar-refractivity contribution in [1.82, 2.24) is 0 Å². The van der Waals surface area contributed by atoms with Gasteiger partial charge in [0.05, 0.1) is 12.0 Å². The highest BCUT2D eigenvalue weighted by molar-refractivity contribution is 4.76. The molecule has 0 radical (unpaired) electrons. The third-order valence-electron chi connectivity index (χ3n) is 2.15. The zero-order chi connectivity index (χ0) is 11.2. The summed E-state index contributed by atoms with van der Waals surface area (Å²) in [6, 6.07) is 0. The number of aliphatic hydroxyl groups is 1. The Morgan fingerprint density at radius 2 is 1.64 bits per heavy atom. The number of rotatable bonds is 6. The Morgan fingerprint density at radius 1 is 1.07 bits per heavy atom. The predicted octanol–water partition coefficient (Wildman–Crippen LogP) is 3.66. The SMILES string of the molecule is CCCCCCC(C)(O)CC(F)(F)F. The van der Waals surface area contributed by atoms with Crippen molar-refractivity contribution in [3.05, 3.63) is 0 Å². The summed E-state index contributed by atoms with van der Waals surface area (Å²) in [5.74, 6) is 0. The standard InChI is InChI=1S/C10H19F3O/c1-3-4-5-6-7-9(2,14)8-10(11,12)13/h14H,3-8H2,1-2H3. The number of halogens is 3. The van der Waals surface area contributed by atoms with E-state index in [1.165, 1.54) is 6.92 Å². The maximum Gasteiger partial charge on any atom is 0.391 e. The van der Waals surface area contributed by atoms with Crippen molar-refractivity contribution in [3.63, 3.8) is 0 Å². The van der Waals surface area contributed by atoms with E-state index in [1.54, 1.807) is 0 Å². The van der Waals surface area contributed by atoms with Gasteiger partial charge < -0.3 is 5.11 Å². The summed E-state index contributed by atoms with van der Waals surface area (Å²) in [7, 11) is 0. The van der Waals surface area contributed by atoms with E-state index >= 15 is 0 Å². The predicted molar refractivity (Wildman–Crippen MR) is 50.1 cm³/mol. The highest BCUT2D eigenvalue weighted by atomic mass is 19.4. The van der Waals surface area contributed by atoms with Crippen LogP contribution in [0.1, 0.15) is 52.4 Å². The highest BCUT2D eigenvalue weighted by Crippen LogP contribution is 2.30. The van der Waals surface area contributed by atoms with Gasteiger partial charge in [0.1, 0.15) is 0 Å². The molecule has 0 aromatic carbocycles. The van der Waals surface area contributed by atoms with Crippen molar-refractivity contribution in [2.24, 2.45) is 0 Å². The molecule has 0 amide bonds. The van der Waals surface area contributed by atoms with Gasteiger partial charge in [-0.25, -0.2) is 0 Å². The third kappa shape index (κ3) is 8.35. The molecule has 0 heterocycles. The molecule has 0 rings (SSSR count). The second-order valence-corrected chi connectivity index (χ2v) is 4.10. The van der Waals surface area contributed by atoms with E-state index in [0.29, 0.717) is 6.42 Å². The first kappa shape index (κ1) is 13.8. The van der Waals surface area contributed by atoms with E-state index in [0.717, 1.165) is 19.3 Å². The molecule has 0 aliphatic carbocycles. The average Bonchev–Trinajstić information content (AvgIpc) is 1.93. The summed E-state index contributed by atoms with van der Waals surface area (Å²) in [4.78, 5) is 0. The maximum absolute atomic E-state index is 12.0. The Morgan fingerprint density at radius 3 is 2.07 bits per heavy atom. The van der Waals surface area contributed by atoms with E-state index in [9.17, 15) is 18.3 Å². The monoisotopic (exact) mass is 212 g/mol. The first-order valence-corrected chi connectivity index (χ1v) is 5.06. The molecule has 0 aromatic rings. The molecule has 1 atom stereocenters. The number of unbranched alkanes of at least 4 members (excludes halogenated alkanes) is 3. The van der Waals surface area contributed by atoms with Crippen LogP contribution in [-0.2, 0) is 0 Å². The van der Waals surface area contributed by atoms with Crippen molar-refractivity contribution in [2.45, 2.75) is 64.1 Å². The lowest BCUT2D eigenvalue weighted by atomic mass is 9.94. The second kappa shape index (κ2) is 5.59. The molecule has 86 valence electrons. The normalized spacial score (nSPS) is 16.7. The van der Waals surface area contributed by atoms with Gasteiger partial charge in [0.25, 0.3) is 0 Å². The molecular weight excluding hydrogens is 193 g/mol. The van der Waals surface area contributed by atoms with Crippen LogP contribution in [0.2, 0.25) is 0 Å². The van der Waals surface area contributed by atoms with Crippen molar-refractivity contribution in [3.8, 4) is 0 Å². The summed E-state index contributed by atoms with van der Waals surface area (Å²) in [5, 5.41) is 9.43. The minimum atomic E-state index is -4.27. The van der Waals surface area contributed by atoms with Crippen LogP contribution in [0.5, 0.6) is 0 Å². The lowest BCUT2D eigenvalue weighted by Crippen LogP contribution is -2.31. The quantitative estimate of drug-likeness (QED) is 0.666.